The molecule has 1 fully saturated rings. The van der Waals surface area contributed by atoms with E-state index in [1.165, 1.54) is 43.7 Å². The van der Waals surface area contributed by atoms with Gasteiger partial charge in [0.05, 0.1) is 43.9 Å². The molecular weight excluding hydrogens is 795 g/mol. The van der Waals surface area contributed by atoms with Crippen molar-refractivity contribution in [1.82, 2.24) is 13.7 Å². The Morgan fingerprint density at radius 2 is 1.00 bits per heavy atom. The zero-order valence-electron chi connectivity index (χ0n) is 35.2. The lowest BCUT2D eigenvalue weighted by Crippen LogP contribution is -2.13. The molecule has 4 aromatic heterocycles. The van der Waals surface area contributed by atoms with Crippen LogP contribution in [0.5, 0.6) is 0 Å². The highest BCUT2D eigenvalue weighted by atomic mass is 16.5. The highest BCUT2D eigenvalue weighted by Gasteiger charge is 2.37. The highest BCUT2D eigenvalue weighted by molar-refractivity contribution is 6.29. The molecule has 1 aliphatic heterocycles. The number of rotatable bonds is 4. The second-order valence-corrected chi connectivity index (χ2v) is 17.9. The third kappa shape index (κ3) is 4.87. The molecule has 12 aromatic rings. The molecule has 0 N–H and O–H groups in total. The monoisotopic (exact) mass is 833 g/mol. The summed E-state index contributed by atoms with van der Waals surface area (Å²) in [7, 11) is 0. The molecule has 1 saturated heterocycles. The lowest BCUT2D eigenvalue weighted by atomic mass is 9.83. The first-order valence-corrected chi connectivity index (χ1v) is 22.7. The molecule has 5 heteroatoms. The third-order valence-electron chi connectivity index (χ3n) is 14.5. The van der Waals surface area contributed by atoms with Gasteiger partial charge >= 0.3 is 0 Å². The van der Waals surface area contributed by atoms with Crippen molar-refractivity contribution in [3.05, 3.63) is 223 Å². The molecular formula is C60H39N3O2. The average molecular weight is 834 g/mol. The van der Waals surface area contributed by atoms with Crippen molar-refractivity contribution in [2.24, 2.45) is 5.92 Å². The second kappa shape index (κ2) is 13.1. The number of hydrogen-bond donors (Lipinski definition) is 0. The fourth-order valence-electron chi connectivity index (χ4n) is 11.7. The zero-order valence-corrected chi connectivity index (χ0v) is 35.2. The fourth-order valence-corrected chi connectivity index (χ4v) is 11.7. The van der Waals surface area contributed by atoms with Crippen molar-refractivity contribution >= 4 is 87.4 Å². The molecule has 3 unspecified atom stereocenters. The van der Waals surface area contributed by atoms with Crippen LogP contribution < -0.4 is 0 Å². The van der Waals surface area contributed by atoms with Gasteiger partial charge in [-0.05, 0) is 109 Å². The number of ether oxygens (including phenoxy) is 1. The number of aromatic nitrogens is 3. The maximum absolute atomic E-state index is 7.31. The van der Waals surface area contributed by atoms with Gasteiger partial charge in [-0.25, -0.2) is 0 Å². The SMILES string of the molecule is C1=CC2OC3=CCC(c4cccc(-n5c6ccccc6c6c7oc8c(ccc9c8c8ccccc8n9-c8ccc9c(c8)c8ccccc8n9-c8ccccc8)c7ccc65)c4)C=C3C2C=C1. The summed E-state index contributed by atoms with van der Waals surface area (Å²) >= 11 is 0. The number of benzene rings is 8. The summed E-state index contributed by atoms with van der Waals surface area (Å²) in [6, 6.07) is 62.1. The van der Waals surface area contributed by atoms with E-state index in [-0.39, 0.29) is 17.9 Å². The Morgan fingerprint density at radius 3 is 1.72 bits per heavy atom. The number of furan rings is 1. The predicted octanol–water partition coefficient (Wildman–Crippen LogP) is 15.3. The van der Waals surface area contributed by atoms with Crippen molar-refractivity contribution in [3.8, 4) is 17.1 Å². The van der Waals surface area contributed by atoms with Crippen LogP contribution in [-0.2, 0) is 4.74 Å². The van der Waals surface area contributed by atoms with E-state index < -0.39 is 0 Å². The van der Waals surface area contributed by atoms with Gasteiger partial charge in [0.15, 0.2) is 0 Å². The van der Waals surface area contributed by atoms with E-state index in [4.69, 9.17) is 9.15 Å². The Morgan fingerprint density at radius 1 is 0.431 bits per heavy atom. The summed E-state index contributed by atoms with van der Waals surface area (Å²) in [6.45, 7) is 0. The van der Waals surface area contributed by atoms with Gasteiger partial charge in [0, 0.05) is 66.8 Å². The molecule has 5 heterocycles. The molecule has 0 radical (unpaired) electrons. The zero-order chi connectivity index (χ0) is 42.3. The van der Waals surface area contributed by atoms with Gasteiger partial charge in [0.25, 0.3) is 0 Å². The fraction of sp³-hybridized carbons (Fsp3) is 0.0667. The number of allylic oxidation sites excluding steroid dienone is 5. The molecule has 306 valence electrons. The van der Waals surface area contributed by atoms with Crippen LogP contribution in [0.1, 0.15) is 17.9 Å². The molecule has 3 atom stereocenters. The minimum atomic E-state index is 0.0977. The van der Waals surface area contributed by atoms with Gasteiger partial charge in [-0.15, -0.1) is 0 Å². The maximum Gasteiger partial charge on any atom is 0.145 e. The van der Waals surface area contributed by atoms with E-state index >= 15 is 0 Å². The lowest BCUT2D eigenvalue weighted by Gasteiger charge is -2.20. The highest BCUT2D eigenvalue weighted by Crippen LogP contribution is 2.47. The van der Waals surface area contributed by atoms with Crippen molar-refractivity contribution in [1.29, 1.82) is 0 Å². The molecule has 15 rings (SSSR count). The standard InChI is InChI=1S/C60H39N3O2/c1-2-14-38(15-3-1)61-49-21-8-4-17-41(49)47-35-40(26-29-52(47)61)63-51-23-10-6-20-46(51)58-54(63)31-28-44-43-27-30-53-57(59(43)65-60(44)58)45-19-5-9-22-50(45)62(53)39-16-12-13-36(33-39)37-25-32-56-48(34-37)42-18-7-11-24-55(42)64-56/h1-24,26-35,37,42,55H,25H2. The molecule has 0 bridgehead atoms. The van der Waals surface area contributed by atoms with Gasteiger partial charge in [-0.1, -0.05) is 109 Å². The summed E-state index contributed by atoms with van der Waals surface area (Å²) in [5, 5.41) is 9.31. The lowest BCUT2D eigenvalue weighted by molar-refractivity contribution is 0.183. The van der Waals surface area contributed by atoms with E-state index in [1.54, 1.807) is 0 Å². The molecule has 5 nitrogen and oxygen atoms in total. The number of nitrogens with zero attached hydrogens (tertiary/aromatic N) is 3. The van der Waals surface area contributed by atoms with Crippen molar-refractivity contribution in [2.75, 3.05) is 0 Å². The van der Waals surface area contributed by atoms with E-state index in [1.807, 2.05) is 0 Å². The summed E-state index contributed by atoms with van der Waals surface area (Å²) in [5.41, 5.74) is 14.8. The van der Waals surface area contributed by atoms with Crippen LogP contribution in [0.15, 0.2) is 222 Å². The van der Waals surface area contributed by atoms with Crippen LogP contribution in [0.25, 0.3) is 104 Å². The molecule has 3 aliphatic rings. The quantitative estimate of drug-likeness (QED) is 0.177. The first-order chi connectivity index (χ1) is 32.2. The van der Waals surface area contributed by atoms with Crippen molar-refractivity contribution < 1.29 is 9.15 Å². The maximum atomic E-state index is 7.31. The summed E-state index contributed by atoms with van der Waals surface area (Å²) < 4.78 is 20.9. The topological polar surface area (TPSA) is 37.2 Å². The minimum Gasteiger partial charge on any atom is -0.485 e. The molecule has 65 heavy (non-hydrogen) atoms. The molecule has 0 saturated carbocycles. The molecule has 2 aliphatic carbocycles. The van der Waals surface area contributed by atoms with Crippen LogP contribution in [0, 0.1) is 5.92 Å². The molecule has 0 amide bonds. The van der Waals surface area contributed by atoms with Crippen molar-refractivity contribution in [3.63, 3.8) is 0 Å². The van der Waals surface area contributed by atoms with Crippen LogP contribution in [0.3, 0.4) is 0 Å². The average Bonchev–Trinajstić information content (AvgIpc) is 4.17. The van der Waals surface area contributed by atoms with Crippen LogP contribution >= 0.6 is 0 Å². The molecule has 0 spiro atoms. The summed E-state index contributed by atoms with van der Waals surface area (Å²) in [6.07, 6.45) is 14.5. The summed E-state index contributed by atoms with van der Waals surface area (Å²) in [5.74, 6) is 1.60. The van der Waals surface area contributed by atoms with E-state index in [0.29, 0.717) is 0 Å². The number of fused-ring (bicyclic) bond motifs is 17. The van der Waals surface area contributed by atoms with Crippen LogP contribution in [0.2, 0.25) is 0 Å². The first-order valence-electron chi connectivity index (χ1n) is 22.7. The van der Waals surface area contributed by atoms with Crippen LogP contribution in [0.4, 0.5) is 0 Å². The van der Waals surface area contributed by atoms with Crippen LogP contribution in [-0.4, -0.2) is 19.8 Å². The number of hydrogen-bond acceptors (Lipinski definition) is 2. The van der Waals surface area contributed by atoms with Gasteiger partial charge in [-0.2, -0.15) is 0 Å². The van der Waals surface area contributed by atoms with Gasteiger partial charge < -0.3 is 22.9 Å². The number of para-hydroxylation sites is 4. The van der Waals surface area contributed by atoms with E-state index in [0.717, 1.165) is 84.0 Å². The Labute approximate surface area is 373 Å². The predicted molar refractivity (Wildman–Crippen MR) is 267 cm³/mol. The Kier molecular flexibility index (Phi) is 7.11. The Bertz CT molecular complexity index is 4150. The summed E-state index contributed by atoms with van der Waals surface area (Å²) in [4.78, 5) is 0. The Balaban J connectivity index is 0.914. The Hall–Kier alpha value is -8.28. The van der Waals surface area contributed by atoms with Gasteiger partial charge in [0.1, 0.15) is 23.0 Å². The van der Waals surface area contributed by atoms with Crippen molar-refractivity contribution in [2.45, 2.75) is 18.4 Å². The second-order valence-electron chi connectivity index (χ2n) is 17.9. The van der Waals surface area contributed by atoms with Gasteiger partial charge in [0.2, 0.25) is 0 Å². The first kappa shape index (κ1) is 35.2. The van der Waals surface area contributed by atoms with Gasteiger partial charge in [-0.3, -0.25) is 0 Å². The third-order valence-corrected chi connectivity index (χ3v) is 14.5. The van der Waals surface area contributed by atoms with E-state index in [9.17, 15) is 0 Å². The smallest absolute Gasteiger partial charge is 0.145 e. The van der Waals surface area contributed by atoms with E-state index in [2.05, 4.69) is 220 Å². The normalized spacial score (nSPS) is 18.1. The minimum absolute atomic E-state index is 0.0977. The largest absolute Gasteiger partial charge is 0.485 e. The molecule has 8 aromatic carbocycles.